The highest BCUT2D eigenvalue weighted by atomic mass is 16.1. The van der Waals surface area contributed by atoms with Gasteiger partial charge in [0.2, 0.25) is 0 Å². The monoisotopic (exact) mass is 68.0 g/mol. The van der Waals surface area contributed by atoms with Gasteiger partial charge in [0.05, 0.1) is 0 Å². The second kappa shape index (κ2) is 3.23. The molecule has 0 rings (SSSR count). The standard InChI is InChI=1S/C4H4O/c1-2-3-4-5/h2H,1H3. The molecular weight excluding hydrogens is 64.0 g/mol. The highest BCUT2D eigenvalue weighted by molar-refractivity contribution is 5.43. The van der Waals surface area contributed by atoms with Gasteiger partial charge >= 0.3 is 0 Å². The van der Waals surface area contributed by atoms with Crippen molar-refractivity contribution in [3.63, 3.8) is 0 Å². The molecule has 1 heteroatoms. The van der Waals surface area contributed by atoms with Gasteiger partial charge in [-0.1, -0.05) is 0 Å². The van der Waals surface area contributed by atoms with Crippen LogP contribution in [0, 0.1) is 0 Å². The highest BCUT2D eigenvalue weighted by Gasteiger charge is 1.34. The van der Waals surface area contributed by atoms with E-state index >= 15 is 0 Å². The molecule has 0 unspecified atom stereocenters. The normalized spacial score (nSPS) is 4.20. The van der Waals surface area contributed by atoms with Crippen LogP contribution in [0.2, 0.25) is 0 Å². The summed E-state index contributed by atoms with van der Waals surface area (Å²) in [6, 6.07) is 0. The minimum absolute atomic E-state index is 1.46. The summed E-state index contributed by atoms with van der Waals surface area (Å²) in [6.07, 6.45) is 1.51. The van der Waals surface area contributed by atoms with Gasteiger partial charge in [0, 0.05) is 0 Å². The number of allylic oxidation sites excluding steroid dienone is 1. The van der Waals surface area contributed by atoms with E-state index in [-0.39, 0.29) is 0 Å². The lowest BCUT2D eigenvalue weighted by molar-refractivity contribution is 0.569. The summed E-state index contributed by atoms with van der Waals surface area (Å²) < 4.78 is 0. The third kappa shape index (κ3) is 3.23. The van der Waals surface area contributed by atoms with Crippen LogP contribution in [0.15, 0.2) is 11.8 Å². The van der Waals surface area contributed by atoms with E-state index in [0.717, 1.165) is 0 Å². The third-order valence-electron chi connectivity index (χ3n) is 0.203. The summed E-state index contributed by atoms with van der Waals surface area (Å²) in [6.45, 7) is 1.71. The lowest BCUT2D eigenvalue weighted by Gasteiger charge is -1.36. The summed E-state index contributed by atoms with van der Waals surface area (Å²) in [5.74, 6) is 1.46. The first kappa shape index (κ1) is 4.23. The fraction of sp³-hybridized carbons (Fsp3) is 0.250. The van der Waals surface area contributed by atoms with Crippen LogP contribution < -0.4 is 0 Å². The van der Waals surface area contributed by atoms with Gasteiger partial charge < -0.3 is 0 Å². The van der Waals surface area contributed by atoms with E-state index in [1.54, 1.807) is 6.92 Å². The Bertz CT molecular complexity index is 81.8. The van der Waals surface area contributed by atoms with E-state index in [2.05, 4.69) is 5.73 Å². The van der Waals surface area contributed by atoms with E-state index in [0.29, 0.717) is 0 Å². The smallest absolute Gasteiger partial charge is 0.176 e. The first-order valence-corrected chi connectivity index (χ1v) is 1.32. The molecule has 0 fully saturated rings. The summed E-state index contributed by atoms with van der Waals surface area (Å²) in [5, 5.41) is 0. The van der Waals surface area contributed by atoms with Gasteiger partial charge in [0.15, 0.2) is 5.94 Å². The van der Waals surface area contributed by atoms with Crippen LogP contribution in [-0.2, 0) is 4.79 Å². The van der Waals surface area contributed by atoms with Gasteiger partial charge in [-0.15, -0.1) is 0 Å². The molecule has 0 heterocycles. The molecule has 0 aromatic rings. The van der Waals surface area contributed by atoms with E-state index in [4.69, 9.17) is 4.79 Å². The zero-order valence-corrected chi connectivity index (χ0v) is 2.99. The van der Waals surface area contributed by atoms with Crippen molar-refractivity contribution >= 4 is 5.94 Å². The molecule has 0 aliphatic rings. The number of rotatable bonds is 0. The van der Waals surface area contributed by atoms with Crippen LogP contribution in [0.25, 0.3) is 0 Å². The van der Waals surface area contributed by atoms with Crippen molar-refractivity contribution in [2.75, 3.05) is 0 Å². The van der Waals surface area contributed by atoms with E-state index < -0.39 is 0 Å². The number of carbonyl (C=O) groups excluding carboxylic acids is 1. The third-order valence-corrected chi connectivity index (χ3v) is 0.203. The van der Waals surface area contributed by atoms with Gasteiger partial charge in [0.25, 0.3) is 0 Å². The maximum absolute atomic E-state index is 9.14. The molecule has 1 nitrogen and oxygen atoms in total. The van der Waals surface area contributed by atoms with Gasteiger partial charge in [0.1, 0.15) is 0 Å². The second-order valence-electron chi connectivity index (χ2n) is 0.535. The van der Waals surface area contributed by atoms with E-state index in [9.17, 15) is 0 Å². The molecule has 0 aromatic heterocycles. The Balaban J connectivity index is 3.75. The summed E-state index contributed by atoms with van der Waals surface area (Å²) >= 11 is 0. The quantitative estimate of drug-likeness (QED) is 0.299. The summed E-state index contributed by atoms with van der Waals surface area (Å²) in [4.78, 5) is 9.14. The molecule has 26 valence electrons. The fourth-order valence-corrected chi connectivity index (χ4v) is 0.0589. The van der Waals surface area contributed by atoms with Crippen LogP contribution in [0.4, 0.5) is 0 Å². The molecular formula is C4H4O. The fourth-order valence-electron chi connectivity index (χ4n) is 0.0589. The number of hydrogen-bond acceptors (Lipinski definition) is 1. The topological polar surface area (TPSA) is 17.1 Å². The Morgan fingerprint density at radius 1 is 1.80 bits per heavy atom. The summed E-state index contributed by atoms with van der Waals surface area (Å²) in [7, 11) is 0. The van der Waals surface area contributed by atoms with Gasteiger partial charge in [-0.2, -0.15) is 0 Å². The molecule has 0 N–H and O–H groups in total. The van der Waals surface area contributed by atoms with Crippen molar-refractivity contribution in [2.24, 2.45) is 0 Å². The van der Waals surface area contributed by atoms with Gasteiger partial charge in [-0.3, -0.25) is 0 Å². The maximum Gasteiger partial charge on any atom is 0.176 e. The predicted molar refractivity (Wildman–Crippen MR) is 19.5 cm³/mol. The van der Waals surface area contributed by atoms with Crippen LogP contribution in [-0.4, -0.2) is 5.94 Å². The van der Waals surface area contributed by atoms with Crippen molar-refractivity contribution in [3.8, 4) is 0 Å². The van der Waals surface area contributed by atoms with Crippen molar-refractivity contribution in [3.05, 3.63) is 11.8 Å². The lowest BCUT2D eigenvalue weighted by Crippen LogP contribution is -1.31. The molecule has 0 aliphatic carbocycles. The van der Waals surface area contributed by atoms with Crippen molar-refractivity contribution < 1.29 is 4.79 Å². The minimum atomic E-state index is 1.46. The Morgan fingerprint density at radius 3 is 2.40 bits per heavy atom. The van der Waals surface area contributed by atoms with Crippen LogP contribution in [0.1, 0.15) is 6.92 Å². The van der Waals surface area contributed by atoms with Crippen LogP contribution >= 0.6 is 0 Å². The van der Waals surface area contributed by atoms with Gasteiger partial charge in [-0.25, -0.2) is 4.79 Å². The second-order valence-corrected chi connectivity index (χ2v) is 0.535. The molecule has 0 aliphatic heterocycles. The van der Waals surface area contributed by atoms with Gasteiger partial charge in [-0.05, 0) is 18.7 Å². The Kier molecular flexibility index (Phi) is 2.73. The molecule has 0 aromatic carbocycles. The highest BCUT2D eigenvalue weighted by Crippen LogP contribution is 1.45. The lowest BCUT2D eigenvalue weighted by atomic mass is 10.7. The summed E-state index contributed by atoms with van der Waals surface area (Å²) in [5.41, 5.74) is 2.18. The van der Waals surface area contributed by atoms with E-state index in [1.807, 2.05) is 0 Å². The zero-order chi connectivity index (χ0) is 4.12. The minimum Gasteiger partial charge on any atom is -0.224 e. The molecule has 0 bridgehead atoms. The first-order chi connectivity index (χ1) is 2.41. The molecule has 0 amide bonds. The molecule has 0 spiro atoms. The Morgan fingerprint density at radius 2 is 2.40 bits per heavy atom. The van der Waals surface area contributed by atoms with E-state index in [1.165, 1.54) is 12.0 Å². The average molecular weight is 68.1 g/mol. The predicted octanol–water partition coefficient (Wildman–Crippen LogP) is 0.549. The zero-order valence-electron chi connectivity index (χ0n) is 2.99. The molecule has 0 saturated carbocycles. The van der Waals surface area contributed by atoms with Crippen LogP contribution in [0.5, 0.6) is 0 Å². The van der Waals surface area contributed by atoms with Crippen molar-refractivity contribution in [1.29, 1.82) is 0 Å². The SMILES string of the molecule is CC=C=C=O. The molecule has 0 atom stereocenters. The Labute approximate surface area is 30.6 Å². The average Bonchev–Trinajstić information content (AvgIpc) is 1.41. The van der Waals surface area contributed by atoms with Crippen molar-refractivity contribution in [2.45, 2.75) is 6.92 Å². The van der Waals surface area contributed by atoms with Crippen LogP contribution in [0.3, 0.4) is 0 Å². The number of hydrogen-bond donors (Lipinski definition) is 0. The first-order valence-electron chi connectivity index (χ1n) is 1.32. The van der Waals surface area contributed by atoms with Crippen molar-refractivity contribution in [1.82, 2.24) is 0 Å². The maximum atomic E-state index is 9.14. The molecule has 5 heavy (non-hydrogen) atoms. The molecule has 0 radical (unpaired) electrons. The Hall–Kier alpha value is -0.770. The largest absolute Gasteiger partial charge is 0.224 e. The molecule has 0 saturated heterocycles.